The molecule has 0 amide bonds. The number of fused-ring (bicyclic) bond motifs is 1. The van der Waals surface area contributed by atoms with E-state index in [-0.39, 0.29) is 5.54 Å². The Morgan fingerprint density at radius 2 is 1.86 bits per heavy atom. The highest BCUT2D eigenvalue weighted by Crippen LogP contribution is 2.26. The molecule has 0 radical (unpaired) electrons. The quantitative estimate of drug-likeness (QED) is 0.793. The summed E-state index contributed by atoms with van der Waals surface area (Å²) in [5.41, 5.74) is 10.5. The van der Waals surface area contributed by atoms with Crippen LogP contribution in [-0.4, -0.2) is 15.1 Å². The second-order valence-electron chi connectivity index (χ2n) is 6.37. The first-order chi connectivity index (χ1) is 9.94. The van der Waals surface area contributed by atoms with E-state index >= 15 is 0 Å². The maximum Gasteiger partial charge on any atom is 0.141 e. The van der Waals surface area contributed by atoms with Crippen LogP contribution in [0.2, 0.25) is 0 Å². The first-order valence-electron chi connectivity index (χ1n) is 7.25. The summed E-state index contributed by atoms with van der Waals surface area (Å²) in [5, 5.41) is 0. The lowest BCUT2D eigenvalue weighted by Crippen LogP contribution is -2.37. The number of hydrogen-bond acceptors (Lipinski definition) is 2. The second-order valence-corrected chi connectivity index (χ2v) is 6.37. The predicted octanol–water partition coefficient (Wildman–Crippen LogP) is 3.75. The highest BCUT2D eigenvalue weighted by molar-refractivity contribution is 5.80. The fraction of sp³-hybridized carbons (Fsp3) is 0.278. The fourth-order valence-electron chi connectivity index (χ4n) is 2.65. The lowest BCUT2D eigenvalue weighted by Gasteiger charge is -2.21. The van der Waals surface area contributed by atoms with Gasteiger partial charge >= 0.3 is 0 Å². The fourth-order valence-corrected chi connectivity index (χ4v) is 2.65. The van der Waals surface area contributed by atoms with Crippen LogP contribution in [0.4, 0.5) is 0 Å². The highest BCUT2D eigenvalue weighted by atomic mass is 15.1. The van der Waals surface area contributed by atoms with Gasteiger partial charge in [-0.1, -0.05) is 35.9 Å². The largest absolute Gasteiger partial charge is 0.324 e. The van der Waals surface area contributed by atoms with Crippen LogP contribution in [0.15, 0.2) is 48.5 Å². The van der Waals surface area contributed by atoms with Crippen molar-refractivity contribution in [1.82, 2.24) is 9.55 Å². The summed E-state index contributed by atoms with van der Waals surface area (Å²) in [5.74, 6) is 0.985. The van der Waals surface area contributed by atoms with Crippen LogP contribution < -0.4 is 5.73 Å². The third kappa shape index (κ3) is 2.83. The predicted molar refractivity (Wildman–Crippen MR) is 88.2 cm³/mol. The van der Waals surface area contributed by atoms with Crippen molar-refractivity contribution < 1.29 is 0 Å². The van der Waals surface area contributed by atoms with Crippen molar-refractivity contribution in [2.24, 2.45) is 5.73 Å². The average Bonchev–Trinajstić information content (AvgIpc) is 2.76. The van der Waals surface area contributed by atoms with Gasteiger partial charge in [0.2, 0.25) is 0 Å². The smallest absolute Gasteiger partial charge is 0.141 e. The molecule has 3 rings (SSSR count). The van der Waals surface area contributed by atoms with Crippen molar-refractivity contribution in [3.63, 3.8) is 0 Å². The summed E-state index contributed by atoms with van der Waals surface area (Å²) < 4.78 is 2.23. The van der Waals surface area contributed by atoms with Crippen LogP contribution in [0.1, 0.15) is 19.4 Å². The van der Waals surface area contributed by atoms with Gasteiger partial charge in [0.05, 0.1) is 11.0 Å². The van der Waals surface area contributed by atoms with E-state index in [1.165, 1.54) is 5.56 Å². The van der Waals surface area contributed by atoms with Gasteiger partial charge in [-0.15, -0.1) is 0 Å². The molecule has 0 atom stereocenters. The molecule has 108 valence electrons. The van der Waals surface area contributed by atoms with Gasteiger partial charge in [-0.25, -0.2) is 4.98 Å². The summed E-state index contributed by atoms with van der Waals surface area (Å²) in [6, 6.07) is 16.7. The third-order valence-electron chi connectivity index (χ3n) is 3.50. The first-order valence-corrected chi connectivity index (χ1v) is 7.25. The molecule has 3 nitrogen and oxygen atoms in total. The van der Waals surface area contributed by atoms with E-state index < -0.39 is 0 Å². The normalized spacial score (nSPS) is 12.0. The summed E-state index contributed by atoms with van der Waals surface area (Å²) in [4.78, 5) is 4.82. The third-order valence-corrected chi connectivity index (χ3v) is 3.50. The number of imidazole rings is 1. The minimum Gasteiger partial charge on any atom is -0.324 e. The molecule has 2 aromatic carbocycles. The molecule has 21 heavy (non-hydrogen) atoms. The topological polar surface area (TPSA) is 43.8 Å². The minimum atomic E-state index is -0.290. The van der Waals surface area contributed by atoms with Gasteiger partial charge in [0.1, 0.15) is 5.82 Å². The molecule has 3 aromatic rings. The van der Waals surface area contributed by atoms with E-state index in [1.807, 2.05) is 26.0 Å². The Bertz CT molecular complexity index is 779. The van der Waals surface area contributed by atoms with Crippen LogP contribution in [0.5, 0.6) is 0 Å². The molecule has 0 saturated heterocycles. The molecular weight excluding hydrogens is 258 g/mol. The molecular formula is C18H21N3. The molecule has 0 aliphatic heterocycles. The van der Waals surface area contributed by atoms with Crippen molar-refractivity contribution >= 4 is 11.0 Å². The maximum absolute atomic E-state index is 6.25. The SMILES string of the molecule is Cc1cccc(-c2nc3ccccc3n2CC(C)(C)N)c1. The molecule has 2 N–H and O–H groups in total. The molecule has 0 aliphatic rings. The summed E-state index contributed by atoms with van der Waals surface area (Å²) in [6.07, 6.45) is 0. The highest BCUT2D eigenvalue weighted by Gasteiger charge is 2.18. The van der Waals surface area contributed by atoms with Gasteiger partial charge < -0.3 is 10.3 Å². The number of para-hydroxylation sites is 2. The van der Waals surface area contributed by atoms with Crippen molar-refractivity contribution in [3.8, 4) is 11.4 Å². The average molecular weight is 279 g/mol. The van der Waals surface area contributed by atoms with Gasteiger partial charge in [0.25, 0.3) is 0 Å². The molecule has 1 heterocycles. The zero-order valence-electron chi connectivity index (χ0n) is 12.8. The Labute approximate surface area is 125 Å². The van der Waals surface area contributed by atoms with Crippen molar-refractivity contribution in [2.45, 2.75) is 32.9 Å². The van der Waals surface area contributed by atoms with Crippen LogP contribution in [0.25, 0.3) is 22.4 Å². The lowest BCUT2D eigenvalue weighted by atomic mass is 10.1. The molecule has 0 fully saturated rings. The number of aromatic nitrogens is 2. The Morgan fingerprint density at radius 1 is 1.10 bits per heavy atom. The zero-order valence-corrected chi connectivity index (χ0v) is 12.8. The number of aryl methyl sites for hydroxylation is 1. The van der Waals surface area contributed by atoms with Crippen LogP contribution in [0, 0.1) is 6.92 Å². The van der Waals surface area contributed by atoms with Crippen molar-refractivity contribution in [1.29, 1.82) is 0 Å². The number of hydrogen-bond donors (Lipinski definition) is 1. The Balaban J connectivity index is 2.24. The molecule has 1 aromatic heterocycles. The van der Waals surface area contributed by atoms with Crippen LogP contribution in [-0.2, 0) is 6.54 Å². The van der Waals surface area contributed by atoms with Gasteiger partial charge in [-0.2, -0.15) is 0 Å². The van der Waals surface area contributed by atoms with Crippen LogP contribution >= 0.6 is 0 Å². The van der Waals surface area contributed by atoms with Gasteiger partial charge in [-0.3, -0.25) is 0 Å². The molecule has 0 spiro atoms. The molecule has 3 heteroatoms. The van der Waals surface area contributed by atoms with E-state index in [9.17, 15) is 0 Å². The molecule has 0 bridgehead atoms. The summed E-state index contributed by atoms with van der Waals surface area (Å²) >= 11 is 0. The van der Waals surface area contributed by atoms with E-state index in [1.54, 1.807) is 0 Å². The standard InChI is InChI=1S/C18H21N3/c1-13-7-6-8-14(11-13)17-20-15-9-4-5-10-16(15)21(17)12-18(2,3)19/h4-11H,12,19H2,1-3H3. The monoisotopic (exact) mass is 279 g/mol. The lowest BCUT2D eigenvalue weighted by molar-refractivity contribution is 0.442. The minimum absolute atomic E-state index is 0.290. The number of rotatable bonds is 3. The van der Waals surface area contributed by atoms with Crippen molar-refractivity contribution in [3.05, 3.63) is 54.1 Å². The second kappa shape index (κ2) is 5.01. The molecule has 0 saturated carbocycles. The Kier molecular flexibility index (Phi) is 3.30. The van der Waals surface area contributed by atoms with E-state index in [0.29, 0.717) is 0 Å². The van der Waals surface area contributed by atoms with E-state index in [4.69, 9.17) is 10.7 Å². The molecule has 0 unspecified atom stereocenters. The van der Waals surface area contributed by atoms with Gasteiger partial charge in [-0.05, 0) is 39.0 Å². The zero-order chi connectivity index (χ0) is 15.0. The maximum atomic E-state index is 6.25. The summed E-state index contributed by atoms with van der Waals surface area (Å²) in [7, 11) is 0. The van der Waals surface area contributed by atoms with Crippen molar-refractivity contribution in [2.75, 3.05) is 0 Å². The number of nitrogens with zero attached hydrogens (tertiary/aromatic N) is 2. The van der Waals surface area contributed by atoms with Gasteiger partial charge in [0.15, 0.2) is 0 Å². The number of nitrogens with two attached hydrogens (primary N) is 1. The Morgan fingerprint density at radius 3 is 2.57 bits per heavy atom. The summed E-state index contributed by atoms with van der Waals surface area (Å²) in [6.45, 7) is 6.92. The van der Waals surface area contributed by atoms with E-state index in [0.717, 1.165) is 29.0 Å². The Hall–Kier alpha value is -2.13. The number of benzene rings is 2. The first kappa shape index (κ1) is 13.8. The van der Waals surface area contributed by atoms with Gasteiger partial charge in [0, 0.05) is 17.6 Å². The van der Waals surface area contributed by atoms with E-state index in [2.05, 4.69) is 47.9 Å². The van der Waals surface area contributed by atoms with Crippen LogP contribution in [0.3, 0.4) is 0 Å². The molecule has 0 aliphatic carbocycles.